The van der Waals surface area contributed by atoms with E-state index in [-0.39, 0.29) is 25.0 Å². The monoisotopic (exact) mass is 702 g/mol. The molecule has 0 unspecified atom stereocenters. The lowest BCUT2D eigenvalue weighted by Gasteiger charge is -2.47. The lowest BCUT2D eigenvalue weighted by Crippen LogP contribution is -2.68. The minimum atomic E-state index is -2.67. The fraction of sp³-hybridized carbons (Fsp3) is 0.500. The number of benzene rings is 2. The van der Waals surface area contributed by atoms with Gasteiger partial charge in [-0.3, -0.25) is 9.59 Å². The van der Waals surface area contributed by atoms with Crippen molar-refractivity contribution in [3.63, 3.8) is 0 Å². The first-order chi connectivity index (χ1) is 23.8. The van der Waals surface area contributed by atoms with E-state index >= 15 is 0 Å². The summed E-state index contributed by atoms with van der Waals surface area (Å²) in [5, 5.41) is 69.0. The van der Waals surface area contributed by atoms with Gasteiger partial charge in [0.15, 0.2) is 6.29 Å². The summed E-state index contributed by atoms with van der Waals surface area (Å²) in [6, 6.07) is 13.6. The molecule has 2 aromatic carbocycles. The molecule has 2 fully saturated rings. The molecule has 0 saturated carbocycles. The number of hydrogen-bond donors (Lipinski definition) is 8. The van der Waals surface area contributed by atoms with Crippen molar-refractivity contribution >= 4 is 17.8 Å². The zero-order chi connectivity index (χ0) is 36.4. The first kappa shape index (κ1) is 38.6. The molecule has 10 atom stereocenters. The molecule has 2 amide bonds. The van der Waals surface area contributed by atoms with E-state index in [9.17, 15) is 45.0 Å². The van der Waals surface area contributed by atoms with E-state index in [0.29, 0.717) is 11.5 Å². The van der Waals surface area contributed by atoms with Crippen LogP contribution in [0.1, 0.15) is 36.5 Å². The van der Waals surface area contributed by atoms with Crippen LogP contribution in [0.2, 0.25) is 0 Å². The highest BCUT2D eigenvalue weighted by atomic mass is 16.7. The van der Waals surface area contributed by atoms with Gasteiger partial charge in [0.1, 0.15) is 35.9 Å². The standard InChI is InChI=1S/C34H42N2O14/c1-3-4-13-46-32-24(39)15-23(38)27(49-32)18-47-34(33(44)45)16-25(40)28(36-19(2)37)30(50-34)29(42)26(41)17-35-31(43)20-9-8-12-22(14-20)48-21-10-6-5-7-11-21/h1,5-12,14,23-30,32,38-42H,4,13,15-18H2,2H3,(H,35,43)(H,36,37)(H,44,45)/t23-,24-,25+,26-,27-,28-,29-,30-,32-,34+/m1/s1. The van der Waals surface area contributed by atoms with E-state index in [0.717, 1.165) is 6.92 Å². The van der Waals surface area contributed by atoms with Gasteiger partial charge in [0.2, 0.25) is 5.91 Å². The van der Waals surface area contributed by atoms with E-state index < -0.39 is 98.2 Å². The molecule has 16 nitrogen and oxygen atoms in total. The molecule has 4 rings (SSSR count). The summed E-state index contributed by atoms with van der Waals surface area (Å²) in [5.74, 6) is -2.42. The van der Waals surface area contributed by atoms with Gasteiger partial charge in [0.25, 0.3) is 11.7 Å². The fourth-order valence-electron chi connectivity index (χ4n) is 5.53. The second kappa shape index (κ2) is 17.7. The summed E-state index contributed by atoms with van der Waals surface area (Å²) in [4.78, 5) is 37.5. The SMILES string of the molecule is C#CCCO[C@@H]1O[C@H](CO[C@@]2(C(=O)O)C[C@H](O)[C@@H](NC(C)=O)[C@H]([C@H](O)[C@H](O)CNC(=O)c3cccc(Oc4ccccc4)c3)O2)[C@H](O)C[C@H]1O. The van der Waals surface area contributed by atoms with Crippen molar-refractivity contribution in [2.75, 3.05) is 19.8 Å². The molecule has 272 valence electrons. The third-order valence-corrected chi connectivity index (χ3v) is 8.09. The topological polar surface area (TPSA) is 243 Å². The van der Waals surface area contributed by atoms with Gasteiger partial charge in [-0.15, -0.1) is 12.3 Å². The van der Waals surface area contributed by atoms with Crippen LogP contribution in [-0.2, 0) is 28.5 Å². The molecule has 2 aliphatic rings. The van der Waals surface area contributed by atoms with Crippen LogP contribution >= 0.6 is 0 Å². The Labute approximate surface area is 287 Å². The summed E-state index contributed by atoms with van der Waals surface area (Å²) in [6.45, 7) is -0.0331. The van der Waals surface area contributed by atoms with Crippen molar-refractivity contribution in [3.05, 3.63) is 60.2 Å². The molecule has 0 bridgehead atoms. The number of aliphatic hydroxyl groups excluding tert-OH is 5. The number of para-hydroxylation sites is 1. The number of carboxylic acids is 1. The molecule has 0 aliphatic carbocycles. The Balaban J connectivity index is 1.45. The molecule has 0 aromatic heterocycles. The molecular weight excluding hydrogens is 660 g/mol. The minimum Gasteiger partial charge on any atom is -0.477 e. The van der Waals surface area contributed by atoms with Crippen LogP contribution in [0.25, 0.3) is 0 Å². The largest absolute Gasteiger partial charge is 0.477 e. The van der Waals surface area contributed by atoms with Crippen LogP contribution in [0.5, 0.6) is 11.5 Å². The number of aliphatic carboxylic acids is 1. The highest BCUT2D eigenvalue weighted by molar-refractivity contribution is 5.94. The summed E-state index contributed by atoms with van der Waals surface area (Å²) >= 11 is 0. The highest BCUT2D eigenvalue weighted by Gasteiger charge is 2.56. The fourth-order valence-corrected chi connectivity index (χ4v) is 5.53. The van der Waals surface area contributed by atoms with Crippen LogP contribution in [0, 0.1) is 12.3 Å². The van der Waals surface area contributed by atoms with Crippen LogP contribution < -0.4 is 15.4 Å². The maximum Gasteiger partial charge on any atom is 0.364 e. The van der Waals surface area contributed by atoms with E-state index in [2.05, 4.69) is 16.6 Å². The van der Waals surface area contributed by atoms with Crippen LogP contribution in [0.15, 0.2) is 54.6 Å². The number of hydrogen-bond acceptors (Lipinski definition) is 13. The summed E-state index contributed by atoms with van der Waals surface area (Å²) < 4.78 is 28.1. The molecule has 8 N–H and O–H groups in total. The Bertz CT molecular complexity index is 1490. The average molecular weight is 703 g/mol. The molecule has 2 saturated heterocycles. The smallest absolute Gasteiger partial charge is 0.364 e. The maximum absolute atomic E-state index is 12.9. The molecule has 0 spiro atoms. The summed E-state index contributed by atoms with van der Waals surface area (Å²) in [6.07, 6.45) is -7.74. The predicted octanol–water partition coefficient (Wildman–Crippen LogP) is -0.741. The summed E-state index contributed by atoms with van der Waals surface area (Å²) in [7, 11) is 0. The Kier molecular flexibility index (Phi) is 13.7. The Morgan fingerprint density at radius 1 is 1.04 bits per heavy atom. The van der Waals surface area contributed by atoms with Crippen molar-refractivity contribution in [2.45, 2.75) is 87.0 Å². The number of rotatable bonds is 15. The molecule has 2 aliphatic heterocycles. The molecular formula is C34H42N2O14. The van der Waals surface area contributed by atoms with Gasteiger partial charge in [-0.05, 0) is 30.3 Å². The molecule has 2 heterocycles. The van der Waals surface area contributed by atoms with Crippen LogP contribution in [0.3, 0.4) is 0 Å². The van der Waals surface area contributed by atoms with Gasteiger partial charge in [-0.2, -0.15) is 0 Å². The number of carbonyl (C=O) groups is 3. The molecule has 0 radical (unpaired) electrons. The lowest BCUT2D eigenvalue weighted by molar-refractivity contribution is -0.329. The minimum absolute atomic E-state index is 0.0399. The Morgan fingerprint density at radius 3 is 2.44 bits per heavy atom. The normalized spacial score (nSPS) is 29.2. The number of carbonyl (C=O) groups excluding carboxylic acids is 2. The zero-order valence-corrected chi connectivity index (χ0v) is 27.2. The van der Waals surface area contributed by atoms with Crippen molar-refractivity contribution in [3.8, 4) is 23.8 Å². The van der Waals surface area contributed by atoms with E-state index in [4.69, 9.17) is 30.1 Å². The predicted molar refractivity (Wildman–Crippen MR) is 171 cm³/mol. The van der Waals surface area contributed by atoms with Crippen molar-refractivity contribution in [1.82, 2.24) is 10.6 Å². The van der Waals surface area contributed by atoms with Gasteiger partial charge in [0, 0.05) is 38.3 Å². The zero-order valence-electron chi connectivity index (χ0n) is 27.2. The number of ether oxygens (including phenoxy) is 5. The van der Waals surface area contributed by atoms with E-state index in [1.807, 2.05) is 6.07 Å². The van der Waals surface area contributed by atoms with Gasteiger partial charge >= 0.3 is 5.97 Å². The third kappa shape index (κ3) is 9.97. The first-order valence-electron chi connectivity index (χ1n) is 15.9. The number of nitrogens with one attached hydrogen (secondary N) is 2. The Hall–Kier alpha value is -4.15. The number of carboxylic acid groups (broad SMARTS) is 1. The van der Waals surface area contributed by atoms with Crippen molar-refractivity contribution in [2.24, 2.45) is 0 Å². The number of aliphatic hydroxyl groups is 5. The maximum atomic E-state index is 12.9. The van der Waals surface area contributed by atoms with Gasteiger partial charge in [-0.25, -0.2) is 4.79 Å². The quantitative estimate of drug-likeness (QED) is 0.0843. The van der Waals surface area contributed by atoms with Crippen LogP contribution in [-0.4, -0.2) is 129 Å². The van der Waals surface area contributed by atoms with Gasteiger partial charge in [-0.1, -0.05) is 24.3 Å². The van der Waals surface area contributed by atoms with E-state index in [1.54, 1.807) is 36.4 Å². The second-order valence-electron chi connectivity index (χ2n) is 11.9. The molecule has 16 heteroatoms. The number of terminal acetylenes is 1. The first-order valence-corrected chi connectivity index (χ1v) is 15.9. The van der Waals surface area contributed by atoms with Gasteiger partial charge < -0.3 is 65.0 Å². The average Bonchev–Trinajstić information content (AvgIpc) is 3.08. The second-order valence-corrected chi connectivity index (χ2v) is 11.9. The van der Waals surface area contributed by atoms with Gasteiger partial charge in [0.05, 0.1) is 37.6 Å². The molecule has 2 aromatic rings. The lowest BCUT2D eigenvalue weighted by atomic mass is 9.88. The van der Waals surface area contributed by atoms with Crippen molar-refractivity contribution < 1.29 is 68.7 Å². The third-order valence-electron chi connectivity index (χ3n) is 8.09. The molecule has 50 heavy (non-hydrogen) atoms. The summed E-state index contributed by atoms with van der Waals surface area (Å²) in [5.41, 5.74) is 0.169. The highest BCUT2D eigenvalue weighted by Crippen LogP contribution is 2.35. The Morgan fingerprint density at radius 2 is 1.76 bits per heavy atom. The van der Waals surface area contributed by atoms with Crippen LogP contribution in [0.4, 0.5) is 0 Å². The number of amides is 2. The van der Waals surface area contributed by atoms with E-state index in [1.165, 1.54) is 12.1 Å². The van der Waals surface area contributed by atoms with Crippen molar-refractivity contribution in [1.29, 1.82) is 0 Å².